The minimum Gasteiger partial charge on any atom is -0.342 e. The number of amides is 1. The van der Waals surface area contributed by atoms with Crippen LogP contribution in [0.15, 0.2) is 23.2 Å². The smallest absolute Gasteiger partial charge is 0.342 e. The highest BCUT2D eigenvalue weighted by Crippen LogP contribution is 2.31. The van der Waals surface area contributed by atoms with Crippen molar-refractivity contribution in [2.24, 2.45) is 0 Å². The van der Waals surface area contributed by atoms with Crippen LogP contribution in [0.3, 0.4) is 0 Å². The first-order chi connectivity index (χ1) is 10.9. The number of carbonyl (C=O) groups is 1. The summed E-state index contributed by atoms with van der Waals surface area (Å²) in [6.07, 6.45) is -3.21. The lowest BCUT2D eigenvalue weighted by Gasteiger charge is -2.11. The number of hydrogen-bond acceptors (Lipinski definition) is 6. The zero-order valence-corrected chi connectivity index (χ0v) is 13.2. The fourth-order valence-corrected chi connectivity index (χ4v) is 3.56. The van der Waals surface area contributed by atoms with Crippen molar-refractivity contribution in [3.8, 4) is 0 Å². The summed E-state index contributed by atoms with van der Waals surface area (Å²) in [6, 6.07) is 1.10. The van der Waals surface area contributed by atoms with E-state index in [9.17, 15) is 18.0 Å². The molecule has 3 aromatic heterocycles. The topological polar surface area (TPSA) is 67.8 Å². The van der Waals surface area contributed by atoms with E-state index in [0.717, 1.165) is 16.7 Å². The van der Waals surface area contributed by atoms with Gasteiger partial charge in [-0.1, -0.05) is 0 Å². The van der Waals surface area contributed by atoms with Gasteiger partial charge in [0.25, 0.3) is 5.91 Å². The maximum atomic E-state index is 12.6. The van der Waals surface area contributed by atoms with E-state index < -0.39 is 23.8 Å². The Balaban J connectivity index is 1.80. The highest BCUT2D eigenvalue weighted by molar-refractivity contribution is 7.17. The van der Waals surface area contributed by atoms with E-state index in [1.54, 1.807) is 18.4 Å². The molecule has 5 nitrogen and oxygen atoms in total. The van der Waals surface area contributed by atoms with Crippen molar-refractivity contribution in [3.05, 3.63) is 39.5 Å². The lowest BCUT2D eigenvalue weighted by Crippen LogP contribution is -2.27. The number of nitrogens with zero attached hydrogens (tertiary/aromatic N) is 3. The second kappa shape index (κ2) is 5.85. The molecule has 0 radical (unpaired) electrons. The van der Waals surface area contributed by atoms with Crippen molar-refractivity contribution in [2.45, 2.75) is 19.1 Å². The van der Waals surface area contributed by atoms with Gasteiger partial charge in [0.2, 0.25) is 0 Å². The number of thiophene rings is 1. The summed E-state index contributed by atoms with van der Waals surface area (Å²) in [6.45, 7) is 1.57. The summed E-state index contributed by atoms with van der Waals surface area (Å²) >= 11 is 2.18. The predicted molar refractivity (Wildman–Crippen MR) is 80.4 cm³/mol. The normalized spacial score (nSPS) is 13.2. The fourth-order valence-electron chi connectivity index (χ4n) is 1.89. The van der Waals surface area contributed by atoms with Gasteiger partial charge in [0.1, 0.15) is 17.0 Å². The number of aromatic nitrogens is 3. The Hall–Kier alpha value is -2.07. The molecule has 120 valence electrons. The van der Waals surface area contributed by atoms with Crippen LogP contribution in [0.25, 0.3) is 10.2 Å². The maximum absolute atomic E-state index is 12.6. The number of carbonyl (C=O) groups excluding carboxylic acids is 1. The van der Waals surface area contributed by atoms with Crippen molar-refractivity contribution in [1.82, 2.24) is 20.3 Å². The zero-order valence-electron chi connectivity index (χ0n) is 11.6. The molecule has 0 saturated carbocycles. The van der Waals surface area contributed by atoms with E-state index in [4.69, 9.17) is 0 Å². The molecule has 23 heavy (non-hydrogen) atoms. The van der Waals surface area contributed by atoms with E-state index in [1.807, 2.05) is 0 Å². The van der Waals surface area contributed by atoms with Crippen LogP contribution in [-0.2, 0) is 6.18 Å². The van der Waals surface area contributed by atoms with E-state index in [1.165, 1.54) is 17.7 Å². The lowest BCUT2D eigenvalue weighted by molar-refractivity contribution is -0.140. The molecular weight excluding hydrogens is 349 g/mol. The van der Waals surface area contributed by atoms with Crippen molar-refractivity contribution < 1.29 is 18.0 Å². The molecule has 0 aliphatic carbocycles. The van der Waals surface area contributed by atoms with E-state index in [-0.39, 0.29) is 10.7 Å². The summed E-state index contributed by atoms with van der Waals surface area (Å²) in [5.41, 5.74) is -0.109. The zero-order chi connectivity index (χ0) is 16.6. The van der Waals surface area contributed by atoms with Crippen molar-refractivity contribution in [3.63, 3.8) is 0 Å². The van der Waals surface area contributed by atoms with Crippen LogP contribution in [0.4, 0.5) is 13.2 Å². The van der Waals surface area contributed by atoms with Gasteiger partial charge in [-0.15, -0.1) is 22.7 Å². The Morgan fingerprint density at radius 1 is 1.30 bits per heavy atom. The lowest BCUT2D eigenvalue weighted by atomic mass is 10.3. The Kier molecular flexibility index (Phi) is 4.02. The molecule has 0 fully saturated rings. The molecule has 0 bridgehead atoms. The average molecular weight is 358 g/mol. The van der Waals surface area contributed by atoms with Crippen molar-refractivity contribution in [2.75, 3.05) is 0 Å². The number of halogens is 3. The standard InChI is InChI=1S/C13H9F3N4OS2/c1-6(12-20-8(4-23-12)13(14,15)16)19-11(21)9-10-7(2-3-22-10)17-5-18-9/h2-6H,1H3,(H,19,21). The van der Waals surface area contributed by atoms with Gasteiger partial charge < -0.3 is 5.32 Å². The van der Waals surface area contributed by atoms with Crippen molar-refractivity contribution in [1.29, 1.82) is 0 Å². The van der Waals surface area contributed by atoms with Gasteiger partial charge in [0.15, 0.2) is 5.69 Å². The van der Waals surface area contributed by atoms with Gasteiger partial charge in [-0.3, -0.25) is 4.79 Å². The second-order valence-electron chi connectivity index (χ2n) is 4.62. The molecule has 10 heteroatoms. The number of nitrogens with one attached hydrogen (secondary N) is 1. The maximum Gasteiger partial charge on any atom is 0.434 e. The van der Waals surface area contributed by atoms with Gasteiger partial charge in [0.05, 0.1) is 16.3 Å². The van der Waals surface area contributed by atoms with E-state index >= 15 is 0 Å². The highest BCUT2D eigenvalue weighted by atomic mass is 32.1. The Morgan fingerprint density at radius 3 is 2.78 bits per heavy atom. The molecule has 0 spiro atoms. The summed E-state index contributed by atoms with van der Waals surface area (Å²) < 4.78 is 38.3. The number of fused-ring (bicyclic) bond motifs is 1. The monoisotopic (exact) mass is 358 g/mol. The summed E-state index contributed by atoms with van der Waals surface area (Å²) in [5, 5.41) is 5.52. The largest absolute Gasteiger partial charge is 0.434 e. The molecular formula is C13H9F3N4OS2. The predicted octanol–water partition coefficient (Wildman–Crippen LogP) is 3.66. The van der Waals surface area contributed by atoms with Gasteiger partial charge in [-0.05, 0) is 18.4 Å². The first kappa shape index (κ1) is 15.8. The molecule has 3 rings (SSSR count). The average Bonchev–Trinajstić information content (AvgIpc) is 3.15. The quantitative estimate of drug-likeness (QED) is 0.776. The molecule has 1 unspecified atom stereocenters. The van der Waals surface area contributed by atoms with Crippen LogP contribution in [-0.4, -0.2) is 20.9 Å². The third-order valence-electron chi connectivity index (χ3n) is 2.99. The van der Waals surface area contributed by atoms with Gasteiger partial charge in [-0.2, -0.15) is 13.2 Å². The molecule has 1 atom stereocenters. The number of hydrogen-bond donors (Lipinski definition) is 1. The number of alkyl halides is 3. The van der Waals surface area contributed by atoms with Crippen molar-refractivity contribution >= 4 is 38.8 Å². The SMILES string of the molecule is CC(NC(=O)c1ncnc2ccsc12)c1nc(C(F)(F)F)cs1. The minimum atomic E-state index is -4.49. The Bertz CT molecular complexity index is 858. The molecule has 0 aromatic carbocycles. The highest BCUT2D eigenvalue weighted by Gasteiger charge is 2.34. The molecule has 3 aromatic rings. The van der Waals surface area contributed by atoms with E-state index in [2.05, 4.69) is 20.3 Å². The van der Waals surface area contributed by atoms with Crippen LogP contribution < -0.4 is 5.32 Å². The van der Waals surface area contributed by atoms with Crippen LogP contribution in [0.2, 0.25) is 0 Å². The van der Waals surface area contributed by atoms with Crippen LogP contribution >= 0.6 is 22.7 Å². The first-order valence-electron chi connectivity index (χ1n) is 6.38. The van der Waals surface area contributed by atoms with Crippen LogP contribution in [0.1, 0.15) is 34.2 Å². The third-order valence-corrected chi connectivity index (χ3v) is 4.93. The first-order valence-corrected chi connectivity index (χ1v) is 8.14. The number of thiazole rings is 1. The second-order valence-corrected chi connectivity index (χ2v) is 6.43. The Morgan fingerprint density at radius 2 is 2.09 bits per heavy atom. The molecule has 0 aliphatic heterocycles. The minimum absolute atomic E-state index is 0.183. The molecule has 1 amide bonds. The van der Waals surface area contributed by atoms with Gasteiger partial charge >= 0.3 is 6.18 Å². The molecule has 1 N–H and O–H groups in total. The molecule has 3 heterocycles. The number of rotatable bonds is 3. The van der Waals surface area contributed by atoms with Gasteiger partial charge in [0, 0.05) is 5.38 Å². The van der Waals surface area contributed by atoms with Gasteiger partial charge in [-0.25, -0.2) is 15.0 Å². The van der Waals surface area contributed by atoms with Crippen LogP contribution in [0, 0.1) is 0 Å². The molecule has 0 aliphatic rings. The summed E-state index contributed by atoms with van der Waals surface area (Å²) in [7, 11) is 0. The summed E-state index contributed by atoms with van der Waals surface area (Å²) in [4.78, 5) is 23.8. The third kappa shape index (κ3) is 3.17. The van der Waals surface area contributed by atoms with E-state index in [0.29, 0.717) is 10.2 Å². The van der Waals surface area contributed by atoms with Crippen LogP contribution in [0.5, 0.6) is 0 Å². The Labute approximate surface area is 136 Å². The molecule has 0 saturated heterocycles. The fraction of sp³-hybridized carbons (Fsp3) is 0.231. The summed E-state index contributed by atoms with van der Waals surface area (Å²) in [5.74, 6) is -0.476.